The van der Waals surface area contributed by atoms with E-state index in [1.807, 2.05) is 0 Å². The maximum absolute atomic E-state index is 9.87. The van der Waals surface area contributed by atoms with Gasteiger partial charge >= 0.3 is 18.9 Å². The van der Waals surface area contributed by atoms with Gasteiger partial charge in [-0.3, -0.25) is 0 Å². The summed E-state index contributed by atoms with van der Waals surface area (Å²) in [6, 6.07) is 0. The molecule has 0 aromatic heterocycles. The van der Waals surface area contributed by atoms with E-state index in [4.69, 9.17) is 0 Å². The van der Waals surface area contributed by atoms with Crippen LogP contribution in [0, 0.1) is 5.92 Å². The van der Waals surface area contributed by atoms with Gasteiger partial charge in [0.05, 0.1) is 11.0 Å². The smallest absolute Gasteiger partial charge is 0.424 e. The predicted molar refractivity (Wildman–Crippen MR) is 43.4 cm³/mol. The molecule has 0 bridgehead atoms. The topological polar surface area (TPSA) is 43.4 Å². The molecule has 0 spiro atoms. The van der Waals surface area contributed by atoms with E-state index in [2.05, 4.69) is 18.0 Å². The Bertz CT molecular complexity index is 149. The van der Waals surface area contributed by atoms with E-state index in [0.717, 1.165) is 19.3 Å². The third-order valence-corrected chi connectivity index (χ3v) is 1.71. The van der Waals surface area contributed by atoms with Gasteiger partial charge in [-0.25, -0.2) is 0 Å². The fourth-order valence-electron chi connectivity index (χ4n) is 0.782. The van der Waals surface area contributed by atoms with E-state index in [0.29, 0.717) is 12.5 Å². The molecule has 0 N–H and O–H groups in total. The van der Waals surface area contributed by atoms with Crippen LogP contribution in [0.4, 0.5) is 0 Å². The van der Waals surface area contributed by atoms with Crippen LogP contribution in [0.1, 0.15) is 33.1 Å². The summed E-state index contributed by atoms with van der Waals surface area (Å²) in [5.41, 5.74) is 0. The van der Waals surface area contributed by atoms with Crippen LogP contribution in [0.5, 0.6) is 0 Å². The van der Waals surface area contributed by atoms with Crippen LogP contribution >= 0.6 is 0 Å². The summed E-state index contributed by atoms with van der Waals surface area (Å²) in [4.78, 5) is 0. The molecule has 0 radical (unpaired) electrons. The molecule has 5 heteroatoms. The summed E-state index contributed by atoms with van der Waals surface area (Å²) < 4.78 is 24.1. The van der Waals surface area contributed by atoms with Crippen LogP contribution in [0.3, 0.4) is 0 Å². The maximum Gasteiger partial charge on any atom is 1.00 e. The Kier molecular flexibility index (Phi) is 12.0. The van der Waals surface area contributed by atoms with Gasteiger partial charge in [0.2, 0.25) is 0 Å². The molecule has 0 unspecified atom stereocenters. The van der Waals surface area contributed by atoms with E-state index in [-0.39, 0.29) is 18.9 Å². The van der Waals surface area contributed by atoms with Crippen molar-refractivity contribution in [3.8, 4) is 0 Å². The van der Waals surface area contributed by atoms with E-state index in [9.17, 15) is 8.42 Å². The minimum atomic E-state index is -2.33. The maximum atomic E-state index is 9.87. The van der Waals surface area contributed by atoms with Crippen LogP contribution in [0.15, 0.2) is 0 Å². The van der Waals surface area contributed by atoms with Crippen molar-refractivity contribution in [1.82, 2.24) is 0 Å². The molecule has 68 valence electrons. The molecule has 0 aliphatic heterocycles. The monoisotopic (exact) mass is 186 g/mol. The second kappa shape index (κ2) is 9.59. The quantitative estimate of drug-likeness (QED) is 0.305. The Morgan fingerprint density at radius 2 is 1.83 bits per heavy atom. The Balaban J connectivity index is 0. The van der Waals surface area contributed by atoms with Crippen molar-refractivity contribution >= 4 is 11.0 Å². The van der Waals surface area contributed by atoms with Crippen molar-refractivity contribution in [2.24, 2.45) is 5.92 Å². The zero-order valence-corrected chi connectivity index (χ0v) is 8.86. The molecular weight excluding hydrogens is 171 g/mol. The first kappa shape index (κ1) is 15.0. The van der Waals surface area contributed by atoms with E-state index in [1.54, 1.807) is 0 Å². The molecule has 0 aromatic carbocycles. The van der Waals surface area contributed by atoms with Gasteiger partial charge in [0.15, 0.2) is 0 Å². The van der Waals surface area contributed by atoms with Gasteiger partial charge in [-0.15, -0.1) is 0 Å². The first-order valence-corrected chi connectivity index (χ1v) is 4.85. The Labute approximate surface area is 88.2 Å². The van der Waals surface area contributed by atoms with Crippen molar-refractivity contribution in [2.75, 3.05) is 6.61 Å². The largest absolute Gasteiger partial charge is 1.00 e. The van der Waals surface area contributed by atoms with Crippen molar-refractivity contribution < 1.29 is 31.5 Å². The average Bonchev–Trinajstić information content (AvgIpc) is 1.85. The zero-order valence-electron chi connectivity index (χ0n) is 8.04. The minimum Gasteiger partial charge on any atom is -0.424 e. The molecule has 0 fully saturated rings. The van der Waals surface area contributed by atoms with Gasteiger partial charge < -0.3 is 12.6 Å². The summed E-state index contributed by atoms with van der Waals surface area (Å²) in [7, 11) is -2.33. The number of hydrogen-bond donors (Lipinski definition) is 0. The van der Waals surface area contributed by atoms with E-state index in [1.165, 1.54) is 0 Å². The third kappa shape index (κ3) is 13.1. The van der Waals surface area contributed by atoms with Gasteiger partial charge in [-0.1, -0.05) is 26.7 Å². The first-order chi connectivity index (χ1) is 5.13. The van der Waals surface area contributed by atoms with Crippen LogP contribution in [-0.4, -0.2) is 6.61 Å². The summed E-state index contributed by atoms with van der Waals surface area (Å²) in [6.07, 6.45) is 3.00. The second-order valence-electron chi connectivity index (χ2n) is 2.92. The second-order valence-corrected chi connectivity index (χ2v) is 3.56. The summed E-state index contributed by atoms with van der Waals surface area (Å²) in [5, 5.41) is 0. The Morgan fingerprint density at radius 1 is 1.25 bits per heavy atom. The van der Waals surface area contributed by atoms with Crippen LogP contribution < -0.4 is 18.9 Å². The molecule has 0 saturated carbocycles. The molecule has 3 nitrogen and oxygen atoms in total. The van der Waals surface area contributed by atoms with Gasteiger partial charge in [0, 0.05) is 6.61 Å². The molecule has 0 amide bonds. The van der Waals surface area contributed by atoms with Crippen molar-refractivity contribution in [3.05, 3.63) is 0 Å². The fraction of sp³-hybridized carbons (Fsp3) is 1.00. The van der Waals surface area contributed by atoms with Gasteiger partial charge in [0.1, 0.15) is 0 Å². The number of unbranched alkanes of at least 4 members (excludes halogenated alkanes) is 1. The van der Waals surface area contributed by atoms with Crippen molar-refractivity contribution in [1.29, 1.82) is 0 Å². The third-order valence-electron chi connectivity index (χ3n) is 1.36. The standard InChI is InChI=1S/C7H15O3S.Li/c1-7(2)5-3-4-6-10-11(8)9;/h7H,3-6H2,1-2H3;/q-1;+1. The summed E-state index contributed by atoms with van der Waals surface area (Å²) >= 11 is 0. The predicted octanol–water partition coefficient (Wildman–Crippen LogP) is -0.942. The molecule has 0 saturated heterocycles. The van der Waals surface area contributed by atoms with E-state index >= 15 is 0 Å². The zero-order chi connectivity index (χ0) is 8.69. The summed E-state index contributed by atoms with van der Waals surface area (Å²) in [5.74, 6) is 0.688. The molecule has 0 aliphatic rings. The number of rotatable bonds is 6. The van der Waals surface area contributed by atoms with E-state index < -0.39 is 11.0 Å². The molecule has 0 heterocycles. The molecule has 12 heavy (non-hydrogen) atoms. The number of hydrogen-bond acceptors (Lipinski definition) is 4. The van der Waals surface area contributed by atoms with Gasteiger partial charge in [-0.2, -0.15) is 0 Å². The molecule has 0 rings (SSSR count). The first-order valence-electron chi connectivity index (χ1n) is 3.85. The van der Waals surface area contributed by atoms with Crippen LogP contribution in [-0.2, 0) is 23.6 Å². The minimum absolute atomic E-state index is 0. The molecule has 0 aliphatic carbocycles. The molecule has 0 atom stereocenters. The van der Waals surface area contributed by atoms with Crippen molar-refractivity contribution in [3.63, 3.8) is 0 Å². The van der Waals surface area contributed by atoms with Gasteiger partial charge in [-0.05, 0) is 12.3 Å². The van der Waals surface area contributed by atoms with Crippen molar-refractivity contribution in [2.45, 2.75) is 33.1 Å². The van der Waals surface area contributed by atoms with Gasteiger partial charge in [0.25, 0.3) is 0 Å². The fourth-order valence-corrected chi connectivity index (χ4v) is 1.04. The normalized spacial score (nSPS) is 10.3. The SMILES string of the molecule is CC(C)CCCCO[S-](=O)=O.[Li+]. The Hall–Kier alpha value is 0.507. The van der Waals surface area contributed by atoms with Crippen LogP contribution in [0.2, 0.25) is 0 Å². The average molecular weight is 186 g/mol. The van der Waals surface area contributed by atoms with Crippen LogP contribution in [0.25, 0.3) is 0 Å². The summed E-state index contributed by atoms with van der Waals surface area (Å²) in [6.45, 7) is 4.61. The Morgan fingerprint density at radius 3 is 2.25 bits per heavy atom. The molecule has 0 aromatic rings. The molecular formula is C7H15LiO3S.